The largest absolute Gasteiger partial charge is 0.493 e. The van der Waals surface area contributed by atoms with Crippen LogP contribution in [0.1, 0.15) is 5.56 Å². The minimum atomic E-state index is -3.89. The molecule has 0 amide bonds. The molecule has 3 aromatic rings. The van der Waals surface area contributed by atoms with Crippen molar-refractivity contribution >= 4 is 21.0 Å². The number of H-pyrrole nitrogens is 1. The van der Waals surface area contributed by atoms with Crippen LogP contribution in [0, 0.1) is 5.82 Å². The second-order valence-electron chi connectivity index (χ2n) is 6.27. The Labute approximate surface area is 166 Å². The summed E-state index contributed by atoms with van der Waals surface area (Å²) < 4.78 is 48.9. The van der Waals surface area contributed by atoms with E-state index in [1.54, 1.807) is 12.1 Å². The second kappa shape index (κ2) is 7.78. The number of nitrogens with zero attached hydrogens (tertiary/aromatic N) is 2. The SMILES string of the molecule is COc1cc2c(-c3ccc(CN(C)S(N)(=O)=O)cc3F)n[nH]c(=O)c2cc1OC. The molecule has 0 aliphatic carbocycles. The molecule has 0 saturated carbocycles. The number of aromatic amines is 1. The van der Waals surface area contributed by atoms with Crippen LogP contribution in [-0.4, -0.2) is 44.2 Å². The number of hydrogen-bond donors (Lipinski definition) is 2. The van der Waals surface area contributed by atoms with Crippen molar-refractivity contribution in [2.24, 2.45) is 5.14 Å². The number of fused-ring (bicyclic) bond motifs is 1. The van der Waals surface area contributed by atoms with Gasteiger partial charge in [-0.3, -0.25) is 4.79 Å². The summed E-state index contributed by atoms with van der Waals surface area (Å²) in [4.78, 5) is 12.2. The molecular weight excluding hydrogens is 403 g/mol. The molecule has 9 nitrogen and oxygen atoms in total. The lowest BCUT2D eigenvalue weighted by atomic mass is 10.0. The van der Waals surface area contributed by atoms with E-state index in [2.05, 4.69) is 10.2 Å². The molecule has 0 atom stereocenters. The number of methoxy groups -OCH3 is 2. The van der Waals surface area contributed by atoms with Crippen LogP contribution < -0.4 is 20.2 Å². The Bertz CT molecular complexity index is 1240. The average Bonchev–Trinajstić information content (AvgIpc) is 2.67. The van der Waals surface area contributed by atoms with Gasteiger partial charge in [0.1, 0.15) is 11.5 Å². The quantitative estimate of drug-likeness (QED) is 0.618. The Balaban J connectivity index is 2.13. The molecule has 2 aromatic carbocycles. The summed E-state index contributed by atoms with van der Waals surface area (Å²) in [5.74, 6) is 0.0749. The molecule has 0 unspecified atom stereocenters. The molecular formula is C18H19FN4O5S. The Morgan fingerprint density at radius 1 is 1.14 bits per heavy atom. The van der Waals surface area contributed by atoms with Crippen molar-refractivity contribution in [3.05, 3.63) is 52.1 Å². The summed E-state index contributed by atoms with van der Waals surface area (Å²) in [6.45, 7) is -0.0964. The van der Waals surface area contributed by atoms with Crippen molar-refractivity contribution in [1.82, 2.24) is 14.5 Å². The molecule has 0 spiro atoms. The highest BCUT2D eigenvalue weighted by atomic mass is 32.2. The fourth-order valence-corrected chi connectivity index (χ4v) is 3.22. The predicted octanol–water partition coefficient (Wildman–Crippen LogP) is 1.38. The number of aromatic nitrogens is 2. The first-order valence-corrected chi connectivity index (χ1v) is 9.83. The van der Waals surface area contributed by atoms with Crippen LogP contribution in [0.15, 0.2) is 35.1 Å². The van der Waals surface area contributed by atoms with E-state index in [4.69, 9.17) is 14.6 Å². The van der Waals surface area contributed by atoms with Crippen LogP contribution in [0.4, 0.5) is 4.39 Å². The molecule has 0 aliphatic heterocycles. The van der Waals surface area contributed by atoms with Crippen LogP contribution in [0.2, 0.25) is 0 Å². The highest BCUT2D eigenvalue weighted by Crippen LogP contribution is 2.35. The lowest BCUT2D eigenvalue weighted by Crippen LogP contribution is -2.32. The van der Waals surface area contributed by atoms with Gasteiger partial charge in [0, 0.05) is 24.5 Å². The summed E-state index contributed by atoms with van der Waals surface area (Å²) in [5, 5.41) is 12.0. The maximum atomic E-state index is 14.9. The minimum Gasteiger partial charge on any atom is -0.493 e. The number of ether oxygens (including phenoxy) is 2. The molecule has 29 heavy (non-hydrogen) atoms. The number of rotatable bonds is 6. The highest BCUT2D eigenvalue weighted by molar-refractivity contribution is 7.86. The topological polar surface area (TPSA) is 128 Å². The molecule has 1 heterocycles. The third-order valence-electron chi connectivity index (χ3n) is 4.42. The van der Waals surface area contributed by atoms with Gasteiger partial charge < -0.3 is 9.47 Å². The van der Waals surface area contributed by atoms with Crippen LogP contribution in [0.3, 0.4) is 0 Å². The zero-order valence-electron chi connectivity index (χ0n) is 15.9. The molecule has 0 fully saturated rings. The number of halogens is 1. The van der Waals surface area contributed by atoms with E-state index in [1.165, 1.54) is 39.5 Å². The summed E-state index contributed by atoms with van der Waals surface area (Å²) in [7, 11) is 0.286. The molecule has 11 heteroatoms. The van der Waals surface area contributed by atoms with Gasteiger partial charge in [0.25, 0.3) is 15.8 Å². The van der Waals surface area contributed by atoms with Crippen molar-refractivity contribution in [3.63, 3.8) is 0 Å². The van der Waals surface area contributed by atoms with Crippen molar-refractivity contribution in [2.75, 3.05) is 21.3 Å². The molecule has 0 aliphatic rings. The third kappa shape index (κ3) is 4.06. The van der Waals surface area contributed by atoms with Gasteiger partial charge in [0.15, 0.2) is 11.5 Å². The molecule has 1 aromatic heterocycles. The van der Waals surface area contributed by atoms with Gasteiger partial charge in [0.05, 0.1) is 19.6 Å². The normalized spacial score (nSPS) is 11.8. The highest BCUT2D eigenvalue weighted by Gasteiger charge is 2.18. The zero-order chi connectivity index (χ0) is 21.3. The van der Waals surface area contributed by atoms with Gasteiger partial charge in [-0.1, -0.05) is 6.07 Å². The fraction of sp³-hybridized carbons (Fsp3) is 0.222. The Morgan fingerprint density at radius 2 is 1.76 bits per heavy atom. The first-order chi connectivity index (χ1) is 13.7. The van der Waals surface area contributed by atoms with E-state index in [0.717, 1.165) is 4.31 Å². The minimum absolute atomic E-state index is 0.0964. The maximum Gasteiger partial charge on any atom is 0.276 e. The van der Waals surface area contributed by atoms with Crippen molar-refractivity contribution in [2.45, 2.75) is 6.54 Å². The average molecular weight is 422 g/mol. The van der Waals surface area contributed by atoms with Gasteiger partial charge in [0.2, 0.25) is 0 Å². The van der Waals surface area contributed by atoms with Gasteiger partial charge >= 0.3 is 0 Å². The first kappa shape index (κ1) is 20.7. The predicted molar refractivity (Wildman–Crippen MR) is 105 cm³/mol. The van der Waals surface area contributed by atoms with Crippen molar-refractivity contribution in [3.8, 4) is 22.8 Å². The van der Waals surface area contributed by atoms with Crippen LogP contribution in [0.25, 0.3) is 22.0 Å². The standard InChI is InChI=1S/C18H19FN4O5S/c1-23(29(20,25)26)9-10-4-5-11(14(19)6-10)17-12-7-15(27-2)16(28-3)8-13(12)18(24)22-21-17/h4-8H,9H2,1-3H3,(H,22,24)(H2,20,25,26). The van der Waals surface area contributed by atoms with Crippen LogP contribution in [-0.2, 0) is 16.8 Å². The first-order valence-electron chi connectivity index (χ1n) is 8.33. The smallest absolute Gasteiger partial charge is 0.276 e. The van der Waals surface area contributed by atoms with Gasteiger partial charge in [-0.05, 0) is 29.8 Å². The molecule has 0 radical (unpaired) electrons. The van der Waals surface area contributed by atoms with E-state index in [9.17, 15) is 17.6 Å². The lowest BCUT2D eigenvalue weighted by molar-refractivity contribution is 0.356. The summed E-state index contributed by atoms with van der Waals surface area (Å²) in [5.41, 5.74) is 0.261. The molecule has 3 rings (SSSR count). The second-order valence-corrected chi connectivity index (χ2v) is 7.92. The Kier molecular flexibility index (Phi) is 5.55. The van der Waals surface area contributed by atoms with Gasteiger partial charge in [-0.15, -0.1) is 0 Å². The summed E-state index contributed by atoms with van der Waals surface area (Å²) >= 11 is 0. The fourth-order valence-electron chi connectivity index (χ4n) is 2.89. The number of nitrogens with two attached hydrogens (primary N) is 1. The van der Waals surface area contributed by atoms with E-state index < -0.39 is 21.6 Å². The summed E-state index contributed by atoms with van der Waals surface area (Å²) in [6, 6.07) is 7.24. The molecule has 154 valence electrons. The van der Waals surface area contributed by atoms with E-state index in [0.29, 0.717) is 22.4 Å². The summed E-state index contributed by atoms with van der Waals surface area (Å²) in [6.07, 6.45) is 0. The Morgan fingerprint density at radius 3 is 2.31 bits per heavy atom. The lowest BCUT2D eigenvalue weighted by Gasteiger charge is -2.15. The number of nitrogens with one attached hydrogen (secondary N) is 1. The zero-order valence-corrected chi connectivity index (χ0v) is 16.7. The van der Waals surface area contributed by atoms with Crippen LogP contribution >= 0.6 is 0 Å². The molecule has 0 bridgehead atoms. The Hall–Kier alpha value is -3.02. The third-order valence-corrected chi connectivity index (χ3v) is 5.42. The van der Waals surface area contributed by atoms with Crippen LogP contribution in [0.5, 0.6) is 11.5 Å². The molecule has 0 saturated heterocycles. The van der Waals surface area contributed by atoms with E-state index in [-0.39, 0.29) is 23.2 Å². The number of hydrogen-bond acceptors (Lipinski definition) is 6. The number of benzene rings is 2. The van der Waals surface area contributed by atoms with Gasteiger partial charge in [-0.25, -0.2) is 14.6 Å². The maximum absolute atomic E-state index is 14.9. The van der Waals surface area contributed by atoms with Crippen molar-refractivity contribution in [1.29, 1.82) is 0 Å². The monoisotopic (exact) mass is 422 g/mol. The molecule has 3 N–H and O–H groups in total. The van der Waals surface area contributed by atoms with Crippen molar-refractivity contribution < 1.29 is 22.3 Å². The van der Waals surface area contributed by atoms with E-state index in [1.807, 2.05) is 0 Å². The van der Waals surface area contributed by atoms with E-state index >= 15 is 0 Å². The van der Waals surface area contributed by atoms with Gasteiger partial charge in [-0.2, -0.15) is 17.8 Å².